The van der Waals surface area contributed by atoms with Crippen molar-refractivity contribution in [3.05, 3.63) is 87.9 Å². The van der Waals surface area contributed by atoms with Gasteiger partial charge in [0.15, 0.2) is 0 Å². The number of aliphatic hydroxyl groups excluding tert-OH is 1. The summed E-state index contributed by atoms with van der Waals surface area (Å²) >= 11 is 1.43. The van der Waals surface area contributed by atoms with Gasteiger partial charge in [0, 0.05) is 29.4 Å². The molecule has 30 heavy (non-hydrogen) atoms. The quantitative estimate of drug-likeness (QED) is 0.368. The lowest BCUT2D eigenvalue weighted by Crippen LogP contribution is -2.28. The van der Waals surface area contributed by atoms with Crippen LogP contribution in [0.1, 0.15) is 29.0 Å². The average Bonchev–Trinajstić information content (AvgIpc) is 3.37. The summed E-state index contributed by atoms with van der Waals surface area (Å²) in [6, 6.07) is 13.6. The maximum atomic E-state index is 13.0. The molecule has 1 atom stereocenters. The van der Waals surface area contributed by atoms with Gasteiger partial charge in [-0.15, -0.1) is 11.3 Å². The second-order valence-corrected chi connectivity index (χ2v) is 7.74. The zero-order valence-corrected chi connectivity index (χ0v) is 17.1. The number of ketones is 1. The third-order valence-electron chi connectivity index (χ3n) is 4.85. The molecule has 1 saturated heterocycles. The van der Waals surface area contributed by atoms with Crippen LogP contribution in [-0.2, 0) is 16.1 Å². The maximum Gasteiger partial charge on any atom is 0.295 e. The van der Waals surface area contributed by atoms with E-state index in [1.54, 1.807) is 42.7 Å². The minimum atomic E-state index is -0.698. The number of amides is 1. The number of pyridine rings is 1. The Kier molecular flexibility index (Phi) is 5.63. The lowest BCUT2D eigenvalue weighted by atomic mass is 9.99. The number of rotatable bonds is 6. The number of hydrogen-bond acceptors (Lipinski definition) is 6. The Morgan fingerprint density at radius 2 is 2.07 bits per heavy atom. The third kappa shape index (κ3) is 3.71. The standard InChI is InChI=1S/C23H20N2O4S/c1-2-29-17-8-3-7-16(12-17)21(26)19-20(18-9-5-11-30-18)25(23(28)22(19)27)14-15-6-4-10-24-13-15/h3-13,20,26H,2,14H2,1H3/b21-19+. The third-order valence-corrected chi connectivity index (χ3v) is 5.77. The molecule has 2 aromatic heterocycles. The van der Waals surface area contributed by atoms with Gasteiger partial charge < -0.3 is 14.7 Å². The monoisotopic (exact) mass is 420 g/mol. The highest BCUT2D eigenvalue weighted by molar-refractivity contribution is 7.10. The second-order valence-electron chi connectivity index (χ2n) is 6.76. The summed E-state index contributed by atoms with van der Waals surface area (Å²) in [6.07, 6.45) is 3.32. The van der Waals surface area contributed by atoms with Crippen LogP contribution in [-0.4, -0.2) is 33.3 Å². The fraction of sp³-hybridized carbons (Fsp3) is 0.174. The van der Waals surface area contributed by atoms with E-state index in [0.29, 0.717) is 17.9 Å². The highest BCUT2D eigenvalue weighted by Crippen LogP contribution is 2.42. The molecular weight excluding hydrogens is 400 g/mol. The number of aliphatic hydroxyl groups is 1. The fourth-order valence-electron chi connectivity index (χ4n) is 3.53. The minimum Gasteiger partial charge on any atom is -0.507 e. The van der Waals surface area contributed by atoms with E-state index < -0.39 is 17.7 Å². The summed E-state index contributed by atoms with van der Waals surface area (Å²) in [6.45, 7) is 2.57. The Morgan fingerprint density at radius 1 is 1.20 bits per heavy atom. The van der Waals surface area contributed by atoms with Crippen molar-refractivity contribution in [1.29, 1.82) is 0 Å². The average molecular weight is 420 g/mol. The van der Waals surface area contributed by atoms with E-state index in [9.17, 15) is 14.7 Å². The number of hydrogen-bond donors (Lipinski definition) is 1. The topological polar surface area (TPSA) is 79.7 Å². The van der Waals surface area contributed by atoms with Crippen LogP contribution in [0.25, 0.3) is 5.76 Å². The first kappa shape index (κ1) is 19.8. The molecule has 1 aromatic carbocycles. The molecule has 1 aliphatic rings. The summed E-state index contributed by atoms with van der Waals surface area (Å²) < 4.78 is 5.51. The van der Waals surface area contributed by atoms with Gasteiger partial charge in [-0.2, -0.15) is 0 Å². The van der Waals surface area contributed by atoms with Gasteiger partial charge in [-0.1, -0.05) is 24.3 Å². The van der Waals surface area contributed by atoms with Gasteiger partial charge in [0.2, 0.25) is 0 Å². The molecule has 0 radical (unpaired) electrons. The molecule has 3 aromatic rings. The van der Waals surface area contributed by atoms with Crippen LogP contribution in [0.15, 0.2) is 71.9 Å². The fourth-order valence-corrected chi connectivity index (χ4v) is 4.37. The van der Waals surface area contributed by atoms with Crippen LogP contribution in [0.4, 0.5) is 0 Å². The minimum absolute atomic E-state index is 0.0833. The number of likely N-dealkylation sites (tertiary alicyclic amines) is 1. The first-order valence-corrected chi connectivity index (χ1v) is 10.4. The van der Waals surface area contributed by atoms with Crippen LogP contribution in [0.3, 0.4) is 0 Å². The Bertz CT molecular complexity index is 1090. The molecule has 0 bridgehead atoms. The van der Waals surface area contributed by atoms with Gasteiger partial charge in [-0.3, -0.25) is 14.6 Å². The van der Waals surface area contributed by atoms with Crippen molar-refractivity contribution >= 4 is 28.8 Å². The van der Waals surface area contributed by atoms with Gasteiger partial charge in [-0.25, -0.2) is 0 Å². The molecule has 0 aliphatic carbocycles. The summed E-state index contributed by atoms with van der Waals surface area (Å²) in [4.78, 5) is 32.3. The molecule has 4 rings (SSSR count). The summed E-state index contributed by atoms with van der Waals surface area (Å²) in [5.74, 6) is -0.961. The van der Waals surface area contributed by atoms with Crippen molar-refractivity contribution in [1.82, 2.24) is 9.88 Å². The van der Waals surface area contributed by atoms with Crippen molar-refractivity contribution in [2.24, 2.45) is 0 Å². The molecule has 7 heteroatoms. The van der Waals surface area contributed by atoms with Gasteiger partial charge in [0.1, 0.15) is 11.5 Å². The Balaban J connectivity index is 1.81. The molecule has 1 aliphatic heterocycles. The van der Waals surface area contributed by atoms with Crippen LogP contribution in [0.2, 0.25) is 0 Å². The van der Waals surface area contributed by atoms with Gasteiger partial charge >= 0.3 is 0 Å². The molecule has 3 heterocycles. The normalized spacial score (nSPS) is 18.0. The Labute approximate surface area is 178 Å². The smallest absolute Gasteiger partial charge is 0.295 e. The molecule has 152 valence electrons. The van der Waals surface area contributed by atoms with Crippen molar-refractivity contribution in [2.75, 3.05) is 6.61 Å². The van der Waals surface area contributed by atoms with Gasteiger partial charge in [-0.05, 0) is 42.1 Å². The molecule has 1 fully saturated rings. The number of Topliss-reactive ketones (excluding diaryl/α,β-unsaturated/α-hetero) is 1. The van der Waals surface area contributed by atoms with E-state index in [2.05, 4.69) is 4.98 Å². The second kappa shape index (κ2) is 8.51. The SMILES string of the molecule is CCOc1cccc(/C(O)=C2\C(=O)C(=O)N(Cc3cccnc3)C2c2cccs2)c1. The molecule has 0 saturated carbocycles. The molecule has 6 nitrogen and oxygen atoms in total. The van der Waals surface area contributed by atoms with E-state index in [1.165, 1.54) is 16.2 Å². The van der Waals surface area contributed by atoms with Gasteiger partial charge in [0.05, 0.1) is 18.2 Å². The lowest BCUT2D eigenvalue weighted by molar-refractivity contribution is -0.140. The molecule has 1 unspecified atom stereocenters. The molecule has 1 N–H and O–H groups in total. The van der Waals surface area contributed by atoms with Crippen LogP contribution in [0, 0.1) is 0 Å². The Morgan fingerprint density at radius 3 is 2.77 bits per heavy atom. The number of benzene rings is 1. The van der Waals surface area contributed by atoms with E-state index in [4.69, 9.17) is 4.74 Å². The van der Waals surface area contributed by atoms with E-state index in [-0.39, 0.29) is 17.9 Å². The number of nitrogens with zero attached hydrogens (tertiary/aromatic N) is 2. The van der Waals surface area contributed by atoms with Gasteiger partial charge in [0.25, 0.3) is 11.7 Å². The van der Waals surface area contributed by atoms with Crippen molar-refractivity contribution < 1.29 is 19.4 Å². The molecular formula is C23H20N2O4S. The van der Waals surface area contributed by atoms with Crippen LogP contribution >= 0.6 is 11.3 Å². The number of aromatic nitrogens is 1. The number of carbonyl (C=O) groups excluding carboxylic acids is 2. The number of ether oxygens (including phenoxy) is 1. The number of carbonyl (C=O) groups is 2. The predicted molar refractivity (Wildman–Crippen MR) is 114 cm³/mol. The van der Waals surface area contributed by atoms with Crippen molar-refractivity contribution in [2.45, 2.75) is 19.5 Å². The van der Waals surface area contributed by atoms with Crippen LogP contribution < -0.4 is 4.74 Å². The largest absolute Gasteiger partial charge is 0.507 e. The zero-order valence-electron chi connectivity index (χ0n) is 16.3. The first-order valence-electron chi connectivity index (χ1n) is 9.54. The van der Waals surface area contributed by atoms with E-state index >= 15 is 0 Å². The first-order chi connectivity index (χ1) is 14.6. The zero-order chi connectivity index (χ0) is 21.1. The van der Waals surface area contributed by atoms with Crippen LogP contribution in [0.5, 0.6) is 5.75 Å². The van der Waals surface area contributed by atoms with E-state index in [1.807, 2.05) is 30.5 Å². The van der Waals surface area contributed by atoms with E-state index in [0.717, 1.165) is 10.4 Å². The Hall–Kier alpha value is -3.45. The molecule has 0 spiro atoms. The summed E-state index contributed by atoms with van der Waals surface area (Å²) in [5, 5.41) is 13.0. The van der Waals surface area contributed by atoms with Crippen molar-refractivity contribution in [3.63, 3.8) is 0 Å². The molecule has 1 amide bonds. The highest BCUT2D eigenvalue weighted by Gasteiger charge is 2.46. The number of thiophene rings is 1. The summed E-state index contributed by atoms with van der Waals surface area (Å²) in [5.41, 5.74) is 1.32. The summed E-state index contributed by atoms with van der Waals surface area (Å²) in [7, 11) is 0. The lowest BCUT2D eigenvalue weighted by Gasteiger charge is -2.24. The highest BCUT2D eigenvalue weighted by atomic mass is 32.1. The maximum absolute atomic E-state index is 13.0. The predicted octanol–water partition coefficient (Wildman–Crippen LogP) is 4.16. The van der Waals surface area contributed by atoms with Crippen molar-refractivity contribution in [3.8, 4) is 5.75 Å².